The molecule has 1 aromatic heterocycles. The summed E-state index contributed by atoms with van der Waals surface area (Å²) in [5, 5.41) is 0.642. The van der Waals surface area contributed by atoms with E-state index in [2.05, 4.69) is 20.9 Å². The van der Waals surface area contributed by atoms with Crippen molar-refractivity contribution in [2.24, 2.45) is 4.99 Å². The SMILES string of the molecule is CCOC(=O)C1=C(C)N=c2s/c(=C\c3cc(Br)c(OCc4ccc(Cl)cc4)c(OC)c3)c(=O)n2[C@H]1c1ccc(F)cc1. The Kier molecular flexibility index (Phi) is 8.96. The van der Waals surface area contributed by atoms with E-state index in [9.17, 15) is 14.0 Å². The summed E-state index contributed by atoms with van der Waals surface area (Å²) in [7, 11) is 1.54. The maximum Gasteiger partial charge on any atom is 0.338 e. The molecule has 0 spiro atoms. The minimum absolute atomic E-state index is 0.159. The number of benzene rings is 3. The highest BCUT2D eigenvalue weighted by molar-refractivity contribution is 9.10. The van der Waals surface area contributed by atoms with Crippen LogP contribution < -0.4 is 24.4 Å². The number of hydrogen-bond donors (Lipinski definition) is 0. The number of aromatic nitrogens is 1. The normalized spacial score (nSPS) is 14.8. The molecule has 42 heavy (non-hydrogen) atoms. The molecule has 0 aliphatic carbocycles. The number of hydrogen-bond acceptors (Lipinski definition) is 7. The molecule has 3 aromatic carbocycles. The molecule has 7 nitrogen and oxygen atoms in total. The summed E-state index contributed by atoms with van der Waals surface area (Å²) >= 11 is 10.7. The van der Waals surface area contributed by atoms with Crippen molar-refractivity contribution in [3.05, 3.63) is 124 Å². The molecule has 2 heterocycles. The summed E-state index contributed by atoms with van der Waals surface area (Å²) in [4.78, 5) is 31.8. The van der Waals surface area contributed by atoms with Gasteiger partial charge in [0.05, 0.1) is 40.0 Å². The Labute approximate surface area is 258 Å². The fourth-order valence-corrected chi connectivity index (χ4v) is 6.35. The van der Waals surface area contributed by atoms with E-state index in [1.54, 1.807) is 50.3 Å². The summed E-state index contributed by atoms with van der Waals surface area (Å²) < 4.78 is 33.2. The molecule has 0 saturated heterocycles. The lowest BCUT2D eigenvalue weighted by atomic mass is 9.96. The van der Waals surface area contributed by atoms with Crippen molar-refractivity contribution in [2.75, 3.05) is 13.7 Å². The molecule has 0 saturated carbocycles. The van der Waals surface area contributed by atoms with E-state index in [1.165, 1.54) is 35.1 Å². The first-order valence-corrected chi connectivity index (χ1v) is 14.9. The molecule has 0 unspecified atom stereocenters. The van der Waals surface area contributed by atoms with Crippen molar-refractivity contribution in [1.29, 1.82) is 0 Å². The maximum atomic E-state index is 13.8. The van der Waals surface area contributed by atoms with Gasteiger partial charge in [-0.25, -0.2) is 14.2 Å². The Balaban J connectivity index is 1.56. The van der Waals surface area contributed by atoms with Crippen molar-refractivity contribution < 1.29 is 23.4 Å². The average molecular weight is 672 g/mol. The fourth-order valence-electron chi connectivity index (χ4n) is 4.60. The van der Waals surface area contributed by atoms with Crippen molar-refractivity contribution >= 4 is 50.9 Å². The topological polar surface area (TPSA) is 79.1 Å². The maximum absolute atomic E-state index is 13.8. The van der Waals surface area contributed by atoms with Gasteiger partial charge in [0.2, 0.25) is 0 Å². The lowest BCUT2D eigenvalue weighted by molar-refractivity contribution is -0.139. The highest BCUT2D eigenvalue weighted by Gasteiger charge is 2.33. The van der Waals surface area contributed by atoms with Crippen LogP contribution in [0.2, 0.25) is 5.02 Å². The van der Waals surface area contributed by atoms with Gasteiger partial charge in [0.1, 0.15) is 12.4 Å². The standard InChI is InChI=1S/C31H25BrClFN2O5S/c1-4-40-30(38)26-17(2)35-31-36(27(26)20-7-11-22(34)12-8-20)29(37)25(42-31)15-19-13-23(32)28(24(14-19)39-3)41-16-18-5-9-21(33)10-6-18/h5-15,27H,4,16H2,1-3H3/b25-15-/t27-/m0/s1. The number of carbonyl (C=O) groups is 1. The summed E-state index contributed by atoms with van der Waals surface area (Å²) in [5.41, 5.74) is 2.50. The molecule has 1 aliphatic rings. The number of fused-ring (bicyclic) bond motifs is 1. The Morgan fingerprint density at radius 2 is 1.88 bits per heavy atom. The number of methoxy groups -OCH3 is 1. The lowest BCUT2D eigenvalue weighted by Crippen LogP contribution is -2.39. The van der Waals surface area contributed by atoms with Crippen LogP contribution in [0.15, 0.2) is 86.2 Å². The summed E-state index contributed by atoms with van der Waals surface area (Å²) in [6.07, 6.45) is 1.73. The second kappa shape index (κ2) is 12.6. The van der Waals surface area contributed by atoms with Gasteiger partial charge in [0.15, 0.2) is 16.3 Å². The highest BCUT2D eigenvalue weighted by Crippen LogP contribution is 2.37. The molecular formula is C31H25BrClFN2O5S. The zero-order chi connectivity index (χ0) is 30.0. The van der Waals surface area contributed by atoms with Crippen LogP contribution in [-0.4, -0.2) is 24.3 Å². The lowest BCUT2D eigenvalue weighted by Gasteiger charge is -2.24. The van der Waals surface area contributed by atoms with Crippen molar-refractivity contribution in [1.82, 2.24) is 4.57 Å². The van der Waals surface area contributed by atoms with Gasteiger partial charge in [-0.2, -0.15) is 0 Å². The van der Waals surface area contributed by atoms with Crippen LogP contribution in [0.4, 0.5) is 4.39 Å². The van der Waals surface area contributed by atoms with Crippen LogP contribution in [0.5, 0.6) is 11.5 Å². The van der Waals surface area contributed by atoms with E-state index >= 15 is 0 Å². The third-order valence-electron chi connectivity index (χ3n) is 6.55. The van der Waals surface area contributed by atoms with Crippen LogP contribution in [0.1, 0.15) is 36.6 Å². The van der Waals surface area contributed by atoms with Crippen LogP contribution >= 0.6 is 38.9 Å². The predicted octanol–water partition coefficient (Wildman–Crippen LogP) is 5.94. The van der Waals surface area contributed by atoms with Crippen molar-refractivity contribution in [2.45, 2.75) is 26.5 Å². The van der Waals surface area contributed by atoms with E-state index < -0.39 is 17.8 Å². The first-order chi connectivity index (χ1) is 20.2. The minimum atomic E-state index is -0.826. The molecule has 1 atom stereocenters. The second-order valence-electron chi connectivity index (χ2n) is 9.30. The Bertz CT molecular complexity index is 1870. The monoisotopic (exact) mass is 670 g/mol. The van der Waals surface area contributed by atoms with Gasteiger partial charge in [-0.1, -0.05) is 47.2 Å². The van der Waals surface area contributed by atoms with Crippen molar-refractivity contribution in [3.8, 4) is 11.5 Å². The van der Waals surface area contributed by atoms with Crippen LogP contribution in [0, 0.1) is 5.82 Å². The van der Waals surface area contributed by atoms with Gasteiger partial charge in [-0.3, -0.25) is 9.36 Å². The number of rotatable bonds is 8. The van der Waals surface area contributed by atoms with E-state index in [4.69, 9.17) is 25.8 Å². The van der Waals surface area contributed by atoms with Gasteiger partial charge in [-0.05, 0) is 88.9 Å². The number of esters is 1. The molecule has 0 fully saturated rings. The van der Waals surface area contributed by atoms with Gasteiger partial charge < -0.3 is 14.2 Å². The third kappa shape index (κ3) is 6.06. The van der Waals surface area contributed by atoms with E-state index in [1.807, 2.05) is 18.2 Å². The average Bonchev–Trinajstić information content (AvgIpc) is 3.26. The van der Waals surface area contributed by atoms with E-state index in [0.29, 0.717) is 53.8 Å². The predicted molar refractivity (Wildman–Crippen MR) is 163 cm³/mol. The Morgan fingerprint density at radius 1 is 1.17 bits per heavy atom. The van der Waals surface area contributed by atoms with E-state index in [-0.39, 0.29) is 17.7 Å². The summed E-state index contributed by atoms with van der Waals surface area (Å²) in [6, 6.07) is 15.8. The number of allylic oxidation sites excluding steroid dienone is 1. The second-order valence-corrected chi connectivity index (χ2v) is 11.6. The molecule has 0 radical (unpaired) electrons. The number of ether oxygens (including phenoxy) is 3. The van der Waals surface area contributed by atoms with Crippen LogP contribution in [-0.2, 0) is 16.1 Å². The zero-order valence-corrected chi connectivity index (χ0v) is 26.0. The fraction of sp³-hybridized carbons (Fsp3) is 0.194. The molecule has 11 heteroatoms. The van der Waals surface area contributed by atoms with Gasteiger partial charge in [0, 0.05) is 5.02 Å². The quantitative estimate of drug-likeness (QED) is 0.217. The van der Waals surface area contributed by atoms with Gasteiger partial charge in [0.25, 0.3) is 5.56 Å². The molecule has 216 valence electrons. The Hall–Kier alpha value is -3.73. The van der Waals surface area contributed by atoms with Crippen LogP contribution in [0.25, 0.3) is 6.08 Å². The summed E-state index contributed by atoms with van der Waals surface area (Å²) in [5.74, 6) is -0.0195. The minimum Gasteiger partial charge on any atom is -0.493 e. The number of carbonyl (C=O) groups excluding carboxylic acids is 1. The van der Waals surface area contributed by atoms with Crippen molar-refractivity contribution in [3.63, 3.8) is 0 Å². The first-order valence-electron chi connectivity index (χ1n) is 12.9. The van der Waals surface area contributed by atoms with Gasteiger partial charge in [-0.15, -0.1) is 0 Å². The molecule has 1 aliphatic heterocycles. The zero-order valence-electron chi connectivity index (χ0n) is 22.8. The molecule has 0 bridgehead atoms. The third-order valence-corrected chi connectivity index (χ3v) is 8.37. The molecule has 0 N–H and O–H groups in total. The summed E-state index contributed by atoms with van der Waals surface area (Å²) in [6.45, 7) is 3.86. The number of halogens is 3. The van der Waals surface area contributed by atoms with Gasteiger partial charge >= 0.3 is 5.97 Å². The van der Waals surface area contributed by atoms with E-state index in [0.717, 1.165) is 5.56 Å². The number of nitrogens with zero attached hydrogens (tertiary/aromatic N) is 2. The molecule has 4 aromatic rings. The first kappa shape index (κ1) is 29.8. The molecule has 5 rings (SSSR count). The molecule has 0 amide bonds. The molecular weight excluding hydrogens is 647 g/mol. The Morgan fingerprint density at radius 3 is 2.55 bits per heavy atom. The smallest absolute Gasteiger partial charge is 0.338 e. The number of thiazole rings is 1. The highest BCUT2D eigenvalue weighted by atomic mass is 79.9. The van der Waals surface area contributed by atoms with Crippen LogP contribution in [0.3, 0.4) is 0 Å². The largest absolute Gasteiger partial charge is 0.493 e.